The van der Waals surface area contributed by atoms with Gasteiger partial charge >= 0.3 is 0 Å². The summed E-state index contributed by atoms with van der Waals surface area (Å²) in [4.78, 5) is 19.5. The quantitative estimate of drug-likeness (QED) is 0.603. The van der Waals surface area contributed by atoms with Crippen LogP contribution in [0.4, 0.5) is 5.69 Å². The topological polar surface area (TPSA) is 90.9 Å². The highest BCUT2D eigenvalue weighted by Gasteiger charge is 2.42. The molecule has 0 unspecified atom stereocenters. The lowest BCUT2D eigenvalue weighted by atomic mass is 10.00. The fourth-order valence-electron chi connectivity index (χ4n) is 4.65. The van der Waals surface area contributed by atoms with E-state index in [4.69, 9.17) is 0 Å². The zero-order valence-electron chi connectivity index (χ0n) is 18.0. The lowest BCUT2D eigenvalue weighted by Crippen LogP contribution is -2.40. The Kier molecular flexibility index (Phi) is 7.23. The van der Waals surface area contributed by atoms with Gasteiger partial charge in [0.1, 0.15) is 0 Å². The highest BCUT2D eigenvalue weighted by molar-refractivity contribution is 8.15. The van der Waals surface area contributed by atoms with Crippen molar-refractivity contribution in [2.45, 2.75) is 56.4 Å². The van der Waals surface area contributed by atoms with Crippen molar-refractivity contribution in [2.24, 2.45) is 4.99 Å². The molecule has 7 nitrogen and oxygen atoms in total. The Morgan fingerprint density at radius 2 is 2.03 bits per heavy atom. The molecule has 2 saturated heterocycles. The molecule has 0 aromatic heterocycles. The Morgan fingerprint density at radius 1 is 1.23 bits per heavy atom. The summed E-state index contributed by atoms with van der Waals surface area (Å²) < 4.78 is 23.3. The monoisotopic (exact) mass is 464 g/mol. The molecule has 1 aromatic carbocycles. The first-order chi connectivity index (χ1) is 14.9. The van der Waals surface area contributed by atoms with Gasteiger partial charge in [-0.05, 0) is 56.5 Å². The number of aliphatic imine (C=N–C) groups is 1. The number of nitrogens with one attached hydrogen (secondary N) is 2. The van der Waals surface area contributed by atoms with Crippen molar-refractivity contribution in [1.82, 2.24) is 10.2 Å². The summed E-state index contributed by atoms with van der Waals surface area (Å²) in [6, 6.07) is 7.91. The fourth-order valence-corrected chi connectivity index (χ4v) is 8.32. The van der Waals surface area contributed by atoms with Gasteiger partial charge in [-0.15, -0.1) is 0 Å². The molecule has 0 aliphatic carbocycles. The molecule has 3 aliphatic heterocycles. The molecule has 4 rings (SSSR count). The minimum Gasteiger partial charge on any atom is -0.352 e. The molecular formula is C22H32N4O3S2. The minimum absolute atomic E-state index is 0.0232. The lowest BCUT2D eigenvalue weighted by Gasteiger charge is -2.35. The van der Waals surface area contributed by atoms with E-state index in [1.54, 1.807) is 12.1 Å². The first-order valence-corrected chi connectivity index (χ1v) is 14.0. The maximum Gasteiger partial charge on any atom is 0.251 e. The maximum atomic E-state index is 12.4. The van der Waals surface area contributed by atoms with Crippen LogP contribution in [0.25, 0.3) is 0 Å². The van der Waals surface area contributed by atoms with Crippen molar-refractivity contribution in [1.29, 1.82) is 0 Å². The number of nitrogens with zero attached hydrogens (tertiary/aromatic N) is 2. The summed E-state index contributed by atoms with van der Waals surface area (Å²) in [6.07, 6.45) is 6.10. The molecular weight excluding hydrogens is 432 g/mol. The normalized spacial score (nSPS) is 27.5. The Labute approximate surface area is 189 Å². The molecule has 1 aromatic rings. The molecule has 3 aliphatic rings. The predicted octanol–water partition coefficient (Wildman–Crippen LogP) is 2.75. The van der Waals surface area contributed by atoms with Crippen LogP contribution < -0.4 is 10.6 Å². The average molecular weight is 465 g/mol. The van der Waals surface area contributed by atoms with Gasteiger partial charge in [-0.1, -0.05) is 25.1 Å². The van der Waals surface area contributed by atoms with Crippen LogP contribution in [-0.4, -0.2) is 72.9 Å². The molecule has 0 radical (unpaired) electrons. The van der Waals surface area contributed by atoms with Crippen molar-refractivity contribution in [3.05, 3.63) is 29.8 Å². The van der Waals surface area contributed by atoms with Crippen LogP contribution in [0.2, 0.25) is 0 Å². The molecule has 31 heavy (non-hydrogen) atoms. The predicted molar refractivity (Wildman–Crippen MR) is 128 cm³/mol. The van der Waals surface area contributed by atoms with E-state index in [-0.39, 0.29) is 28.7 Å². The molecule has 2 fully saturated rings. The molecule has 0 saturated carbocycles. The summed E-state index contributed by atoms with van der Waals surface area (Å²) >= 11 is 1.49. The number of sulfone groups is 1. The number of hydrogen-bond donors (Lipinski definition) is 2. The van der Waals surface area contributed by atoms with E-state index < -0.39 is 9.84 Å². The number of fused-ring (bicyclic) bond motifs is 1. The number of anilines is 1. The van der Waals surface area contributed by atoms with Gasteiger partial charge in [-0.2, -0.15) is 0 Å². The standard InChI is InChI=1S/C22H32N4O3S2/c1-2-18-6-3-4-12-26(18)13-5-11-23-21(27)16-7-9-17(10-8-16)24-22-25-19-14-31(28,29)15-20(19)30-22/h7-10,18-20H,2-6,11-15H2,1H3,(H,23,27)(H,24,25)/t18-,19-,20-/m1/s1. The largest absolute Gasteiger partial charge is 0.352 e. The molecule has 9 heteroatoms. The van der Waals surface area contributed by atoms with Crippen LogP contribution in [0.15, 0.2) is 29.3 Å². The third-order valence-electron chi connectivity index (χ3n) is 6.34. The zero-order chi connectivity index (χ0) is 21.8. The van der Waals surface area contributed by atoms with Crippen molar-refractivity contribution < 1.29 is 13.2 Å². The van der Waals surface area contributed by atoms with Gasteiger partial charge in [0.2, 0.25) is 0 Å². The molecule has 0 spiro atoms. The number of benzene rings is 1. The van der Waals surface area contributed by atoms with E-state index in [1.807, 2.05) is 12.1 Å². The molecule has 1 amide bonds. The fraction of sp³-hybridized carbons (Fsp3) is 0.636. The first kappa shape index (κ1) is 22.6. The average Bonchev–Trinajstić information content (AvgIpc) is 3.24. The molecule has 2 N–H and O–H groups in total. The number of rotatable bonds is 7. The van der Waals surface area contributed by atoms with Gasteiger partial charge in [0.05, 0.1) is 17.5 Å². The van der Waals surface area contributed by atoms with Crippen LogP contribution in [-0.2, 0) is 9.84 Å². The third kappa shape index (κ3) is 5.81. The number of thioether (sulfide) groups is 1. The number of amides is 1. The first-order valence-electron chi connectivity index (χ1n) is 11.3. The Balaban J connectivity index is 1.21. The van der Waals surface area contributed by atoms with Gasteiger partial charge in [0, 0.05) is 35.6 Å². The smallest absolute Gasteiger partial charge is 0.251 e. The van der Waals surface area contributed by atoms with Gasteiger partial charge in [0.15, 0.2) is 15.0 Å². The van der Waals surface area contributed by atoms with Crippen LogP contribution in [0.5, 0.6) is 0 Å². The number of amidine groups is 1. The molecule has 0 bridgehead atoms. The number of piperidine rings is 1. The Morgan fingerprint density at radius 3 is 2.77 bits per heavy atom. The van der Waals surface area contributed by atoms with E-state index >= 15 is 0 Å². The summed E-state index contributed by atoms with van der Waals surface area (Å²) in [6.45, 7) is 5.18. The molecule has 170 valence electrons. The van der Waals surface area contributed by atoms with E-state index in [9.17, 15) is 13.2 Å². The lowest BCUT2D eigenvalue weighted by molar-refractivity contribution is 0.0947. The summed E-state index contributed by atoms with van der Waals surface area (Å²) in [5.74, 6) is 0.295. The second-order valence-electron chi connectivity index (χ2n) is 8.64. The van der Waals surface area contributed by atoms with E-state index in [0.717, 1.165) is 23.8 Å². The van der Waals surface area contributed by atoms with Crippen LogP contribution >= 0.6 is 11.8 Å². The van der Waals surface area contributed by atoms with Crippen LogP contribution in [0, 0.1) is 0 Å². The van der Waals surface area contributed by atoms with Gasteiger partial charge in [-0.3, -0.25) is 9.79 Å². The summed E-state index contributed by atoms with van der Waals surface area (Å²) in [5.41, 5.74) is 1.49. The van der Waals surface area contributed by atoms with Crippen LogP contribution in [0.1, 0.15) is 49.4 Å². The highest BCUT2D eigenvalue weighted by atomic mass is 32.2. The van der Waals surface area contributed by atoms with Crippen LogP contribution in [0.3, 0.4) is 0 Å². The minimum atomic E-state index is -2.94. The van der Waals surface area contributed by atoms with Crippen molar-refractivity contribution in [3.63, 3.8) is 0 Å². The highest BCUT2D eigenvalue weighted by Crippen LogP contribution is 2.34. The number of hydrogen-bond acceptors (Lipinski definition) is 7. The van der Waals surface area contributed by atoms with Crippen molar-refractivity contribution >= 4 is 38.4 Å². The third-order valence-corrected chi connectivity index (χ3v) is 9.49. The number of carbonyl (C=O) groups is 1. The van der Waals surface area contributed by atoms with Crippen molar-refractivity contribution in [2.75, 3.05) is 36.5 Å². The second kappa shape index (κ2) is 9.92. The Hall–Kier alpha value is -1.58. The van der Waals surface area contributed by atoms with Gasteiger partial charge in [0.25, 0.3) is 5.91 Å². The maximum absolute atomic E-state index is 12.4. The molecule has 3 heterocycles. The number of carbonyl (C=O) groups excluding carboxylic acids is 1. The van der Waals surface area contributed by atoms with E-state index in [2.05, 4.69) is 27.4 Å². The van der Waals surface area contributed by atoms with Crippen molar-refractivity contribution in [3.8, 4) is 0 Å². The Bertz CT molecular complexity index is 917. The second-order valence-corrected chi connectivity index (χ2v) is 12.0. The zero-order valence-corrected chi connectivity index (χ0v) is 19.7. The SMILES string of the molecule is CC[C@@H]1CCCCN1CCCNC(=O)c1ccc(NC2=N[C@@H]3CS(=O)(=O)C[C@H]3S2)cc1. The van der Waals surface area contributed by atoms with E-state index in [0.29, 0.717) is 18.2 Å². The number of likely N-dealkylation sites (tertiary alicyclic amines) is 1. The molecule has 3 atom stereocenters. The van der Waals surface area contributed by atoms with Gasteiger partial charge < -0.3 is 15.5 Å². The van der Waals surface area contributed by atoms with E-state index in [1.165, 1.54) is 44.0 Å². The summed E-state index contributed by atoms with van der Waals surface area (Å²) in [7, 11) is -2.94. The summed E-state index contributed by atoms with van der Waals surface area (Å²) in [5, 5.41) is 7.05. The van der Waals surface area contributed by atoms with Gasteiger partial charge in [-0.25, -0.2) is 8.42 Å².